The SMILES string of the molecule is Cn1cc(S(=O)(=O)N2CCN(C(=O)c3c(Br)cnn3C)CC2)cn1. The van der Waals surface area contributed by atoms with Gasteiger partial charge in [0, 0.05) is 46.5 Å². The van der Waals surface area contributed by atoms with Crippen LogP contribution in [0.15, 0.2) is 28.0 Å². The maximum absolute atomic E-state index is 12.6. The van der Waals surface area contributed by atoms with Crippen molar-refractivity contribution in [3.8, 4) is 0 Å². The summed E-state index contributed by atoms with van der Waals surface area (Å²) in [4.78, 5) is 14.4. The van der Waals surface area contributed by atoms with Crippen molar-refractivity contribution >= 4 is 31.9 Å². The lowest BCUT2D eigenvalue weighted by Gasteiger charge is -2.33. The highest BCUT2D eigenvalue weighted by Crippen LogP contribution is 2.20. The number of aryl methyl sites for hydroxylation is 2. The average molecular weight is 417 g/mol. The number of hydrogen-bond donors (Lipinski definition) is 0. The van der Waals surface area contributed by atoms with Gasteiger partial charge in [0.05, 0.1) is 16.9 Å². The highest BCUT2D eigenvalue weighted by molar-refractivity contribution is 9.10. The molecule has 1 aliphatic rings. The molecular weight excluding hydrogens is 400 g/mol. The summed E-state index contributed by atoms with van der Waals surface area (Å²) >= 11 is 3.31. The second-order valence-corrected chi connectivity index (χ2v) is 8.30. The van der Waals surface area contributed by atoms with Crippen molar-refractivity contribution in [1.29, 1.82) is 0 Å². The summed E-state index contributed by atoms with van der Waals surface area (Å²) in [6.07, 6.45) is 4.37. The molecule has 0 N–H and O–H groups in total. The first-order chi connectivity index (χ1) is 11.3. The monoisotopic (exact) mass is 416 g/mol. The Bertz CT molecular complexity index is 847. The molecule has 0 aliphatic carbocycles. The molecule has 2 aromatic rings. The Morgan fingerprint density at radius 1 is 1.12 bits per heavy atom. The number of amides is 1. The Morgan fingerprint density at radius 3 is 2.29 bits per heavy atom. The molecule has 3 heterocycles. The summed E-state index contributed by atoms with van der Waals surface area (Å²) in [5.74, 6) is -0.166. The predicted octanol–water partition coefficient (Wildman–Crippen LogP) is 0.0628. The van der Waals surface area contributed by atoms with Crippen molar-refractivity contribution in [2.75, 3.05) is 26.2 Å². The van der Waals surface area contributed by atoms with Gasteiger partial charge in [0.2, 0.25) is 10.0 Å². The van der Waals surface area contributed by atoms with Crippen molar-refractivity contribution in [1.82, 2.24) is 28.8 Å². The lowest BCUT2D eigenvalue weighted by molar-refractivity contribution is 0.0686. The number of carbonyl (C=O) groups is 1. The zero-order valence-electron chi connectivity index (χ0n) is 13.3. The maximum atomic E-state index is 12.6. The number of halogens is 1. The molecule has 0 spiro atoms. The second kappa shape index (κ2) is 6.30. The third-order valence-corrected chi connectivity index (χ3v) is 6.37. The van der Waals surface area contributed by atoms with Crippen LogP contribution in [-0.2, 0) is 24.1 Å². The highest BCUT2D eigenvalue weighted by Gasteiger charge is 2.32. The van der Waals surface area contributed by atoms with E-state index in [0.717, 1.165) is 0 Å². The molecule has 0 aromatic carbocycles. The summed E-state index contributed by atoms with van der Waals surface area (Å²) in [7, 11) is -0.212. The van der Waals surface area contributed by atoms with Crippen LogP contribution in [0.1, 0.15) is 10.5 Å². The summed E-state index contributed by atoms with van der Waals surface area (Å²) in [6.45, 7) is 1.16. The summed E-state index contributed by atoms with van der Waals surface area (Å²) in [6, 6.07) is 0. The van der Waals surface area contributed by atoms with E-state index in [4.69, 9.17) is 0 Å². The zero-order valence-corrected chi connectivity index (χ0v) is 15.7. The Balaban J connectivity index is 1.71. The van der Waals surface area contributed by atoms with E-state index in [-0.39, 0.29) is 23.9 Å². The Labute approximate surface area is 148 Å². The molecule has 11 heteroatoms. The standard InChI is InChI=1S/C13H17BrN6O3S/c1-17-9-10(7-15-17)24(22,23)20-5-3-19(4-6-20)13(21)12-11(14)8-16-18(12)2/h7-9H,3-6H2,1-2H3. The lowest BCUT2D eigenvalue weighted by Crippen LogP contribution is -2.50. The van der Waals surface area contributed by atoms with Crippen molar-refractivity contribution in [2.24, 2.45) is 14.1 Å². The van der Waals surface area contributed by atoms with Crippen LogP contribution in [0.3, 0.4) is 0 Å². The Kier molecular flexibility index (Phi) is 4.49. The van der Waals surface area contributed by atoms with Crippen molar-refractivity contribution in [2.45, 2.75) is 4.90 Å². The van der Waals surface area contributed by atoms with Gasteiger partial charge in [-0.1, -0.05) is 0 Å². The summed E-state index contributed by atoms with van der Waals surface area (Å²) in [5, 5.41) is 7.94. The Hall–Kier alpha value is -1.72. The second-order valence-electron chi connectivity index (χ2n) is 5.51. The average Bonchev–Trinajstić information content (AvgIpc) is 3.13. The number of hydrogen-bond acceptors (Lipinski definition) is 5. The molecule has 3 rings (SSSR count). The molecule has 1 saturated heterocycles. The fraction of sp³-hybridized carbons (Fsp3) is 0.462. The first-order valence-corrected chi connectivity index (χ1v) is 9.49. The molecule has 9 nitrogen and oxygen atoms in total. The maximum Gasteiger partial charge on any atom is 0.273 e. The number of sulfonamides is 1. The molecule has 0 radical (unpaired) electrons. The first-order valence-electron chi connectivity index (χ1n) is 7.26. The zero-order chi connectivity index (χ0) is 17.5. The van der Waals surface area contributed by atoms with E-state index in [1.165, 1.54) is 26.1 Å². The quantitative estimate of drug-likeness (QED) is 0.705. The first kappa shape index (κ1) is 17.1. The van der Waals surface area contributed by atoms with Gasteiger partial charge in [-0.15, -0.1) is 0 Å². The minimum atomic E-state index is -3.58. The van der Waals surface area contributed by atoms with E-state index in [0.29, 0.717) is 23.3 Å². The molecular formula is C13H17BrN6O3S. The molecule has 0 saturated carbocycles. The van der Waals surface area contributed by atoms with Crippen LogP contribution in [0.5, 0.6) is 0 Å². The molecule has 24 heavy (non-hydrogen) atoms. The van der Waals surface area contributed by atoms with Crippen LogP contribution >= 0.6 is 15.9 Å². The summed E-state index contributed by atoms with van der Waals surface area (Å²) < 4.78 is 30.1. The number of carbonyl (C=O) groups excluding carboxylic acids is 1. The van der Waals surface area contributed by atoms with E-state index >= 15 is 0 Å². The number of aromatic nitrogens is 4. The highest BCUT2D eigenvalue weighted by atomic mass is 79.9. The van der Waals surface area contributed by atoms with E-state index in [1.54, 1.807) is 25.2 Å². The third-order valence-electron chi connectivity index (χ3n) is 3.94. The number of rotatable bonds is 3. The topological polar surface area (TPSA) is 93.3 Å². The van der Waals surface area contributed by atoms with Gasteiger partial charge in [-0.3, -0.25) is 14.2 Å². The van der Waals surface area contributed by atoms with Gasteiger partial charge < -0.3 is 4.90 Å². The summed E-state index contributed by atoms with van der Waals surface area (Å²) in [5.41, 5.74) is 0.457. The van der Waals surface area contributed by atoms with Gasteiger partial charge in [-0.2, -0.15) is 14.5 Å². The van der Waals surface area contributed by atoms with Gasteiger partial charge in [0.25, 0.3) is 5.91 Å². The van der Waals surface area contributed by atoms with Crippen LogP contribution in [0.4, 0.5) is 0 Å². The molecule has 0 unspecified atom stereocenters. The van der Waals surface area contributed by atoms with Crippen LogP contribution in [0.25, 0.3) is 0 Å². The molecule has 0 bridgehead atoms. The third kappa shape index (κ3) is 2.98. The van der Waals surface area contributed by atoms with E-state index < -0.39 is 10.0 Å². The van der Waals surface area contributed by atoms with Crippen molar-refractivity contribution in [3.05, 3.63) is 28.8 Å². The van der Waals surface area contributed by atoms with Crippen molar-refractivity contribution < 1.29 is 13.2 Å². The van der Waals surface area contributed by atoms with Gasteiger partial charge in [0.1, 0.15) is 10.6 Å². The molecule has 0 atom stereocenters. The van der Waals surface area contributed by atoms with Crippen LogP contribution in [-0.4, -0.2) is 69.3 Å². The van der Waals surface area contributed by atoms with Gasteiger partial charge >= 0.3 is 0 Å². The van der Waals surface area contributed by atoms with Crippen LogP contribution < -0.4 is 0 Å². The van der Waals surface area contributed by atoms with Gasteiger partial charge in [-0.05, 0) is 15.9 Å². The number of nitrogens with zero attached hydrogens (tertiary/aromatic N) is 6. The Morgan fingerprint density at radius 2 is 1.79 bits per heavy atom. The van der Waals surface area contributed by atoms with E-state index in [1.807, 2.05) is 0 Å². The molecule has 1 aliphatic heterocycles. The van der Waals surface area contributed by atoms with Crippen LogP contribution in [0.2, 0.25) is 0 Å². The predicted molar refractivity (Wildman–Crippen MR) is 88.8 cm³/mol. The largest absolute Gasteiger partial charge is 0.335 e. The van der Waals surface area contributed by atoms with E-state index in [2.05, 4.69) is 26.1 Å². The van der Waals surface area contributed by atoms with Gasteiger partial charge in [-0.25, -0.2) is 8.42 Å². The molecule has 1 amide bonds. The number of piperazine rings is 1. The van der Waals surface area contributed by atoms with Crippen LogP contribution in [0, 0.1) is 0 Å². The molecule has 2 aromatic heterocycles. The molecule has 1 fully saturated rings. The normalized spacial score (nSPS) is 16.5. The lowest BCUT2D eigenvalue weighted by atomic mass is 10.3. The van der Waals surface area contributed by atoms with Crippen molar-refractivity contribution in [3.63, 3.8) is 0 Å². The minimum absolute atomic E-state index is 0.166. The fourth-order valence-corrected chi connectivity index (χ4v) is 4.54. The van der Waals surface area contributed by atoms with E-state index in [9.17, 15) is 13.2 Å². The van der Waals surface area contributed by atoms with Gasteiger partial charge in [0.15, 0.2) is 0 Å². The fourth-order valence-electron chi connectivity index (χ4n) is 2.61. The smallest absolute Gasteiger partial charge is 0.273 e. The molecule has 130 valence electrons. The minimum Gasteiger partial charge on any atom is -0.335 e.